The van der Waals surface area contributed by atoms with Crippen LogP contribution in [-0.2, 0) is 20.8 Å². The van der Waals surface area contributed by atoms with Gasteiger partial charge in [0, 0.05) is 24.8 Å². The van der Waals surface area contributed by atoms with E-state index < -0.39 is 20.8 Å². The zero-order chi connectivity index (χ0) is 13.2. The summed E-state index contributed by atoms with van der Waals surface area (Å²) in [5, 5.41) is 0. The number of rotatable bonds is 0. The zero-order valence-electron chi connectivity index (χ0n) is 7.44. The van der Waals surface area contributed by atoms with Crippen molar-refractivity contribution in [2.24, 2.45) is 0 Å². The van der Waals surface area contributed by atoms with Gasteiger partial charge >= 0.3 is 20.8 Å². The lowest BCUT2D eigenvalue weighted by Gasteiger charge is -1.70. The van der Waals surface area contributed by atoms with Crippen LogP contribution in [0.25, 0.3) is 0 Å². The van der Waals surface area contributed by atoms with Gasteiger partial charge in [-0.25, -0.2) is 0 Å². The van der Waals surface area contributed by atoms with E-state index in [1.807, 2.05) is 0 Å². The minimum atomic E-state index is -4.67. The number of aromatic nitrogens is 2. The summed E-state index contributed by atoms with van der Waals surface area (Å²) in [7, 11) is -9.33. The van der Waals surface area contributed by atoms with E-state index in [1.165, 1.54) is 0 Å². The maximum Gasteiger partial charge on any atom is 0.394 e. The predicted octanol–water partition coefficient (Wildman–Crippen LogP) is -0.829. The van der Waals surface area contributed by atoms with Crippen LogP contribution >= 0.6 is 0 Å². The second-order valence-corrected chi connectivity index (χ2v) is 3.58. The first-order chi connectivity index (χ1) is 7.00. The molecule has 10 nitrogen and oxygen atoms in total. The van der Waals surface area contributed by atoms with Crippen LogP contribution in [-0.4, -0.2) is 45.0 Å². The molecule has 0 radical (unpaired) electrons. The van der Waals surface area contributed by atoms with Gasteiger partial charge in [0.05, 0.1) is 0 Å². The quantitative estimate of drug-likeness (QED) is 0.437. The van der Waals surface area contributed by atoms with Gasteiger partial charge in [-0.15, -0.1) is 0 Å². The molecule has 0 spiro atoms. The van der Waals surface area contributed by atoms with Crippen LogP contribution in [0.2, 0.25) is 0 Å². The monoisotopic (exact) mass is 276 g/mol. The van der Waals surface area contributed by atoms with Gasteiger partial charge in [-0.2, -0.15) is 16.8 Å². The average molecular weight is 276 g/mol. The molecule has 1 heterocycles. The summed E-state index contributed by atoms with van der Waals surface area (Å²) in [6, 6.07) is 0. The second-order valence-electron chi connectivity index (χ2n) is 1.79. The Bertz CT molecular complexity index is 381. The van der Waals surface area contributed by atoms with Crippen molar-refractivity contribution in [2.75, 3.05) is 0 Å². The van der Waals surface area contributed by atoms with Gasteiger partial charge in [0.15, 0.2) is 0 Å². The van der Waals surface area contributed by atoms with E-state index in [2.05, 4.69) is 9.97 Å². The van der Waals surface area contributed by atoms with Crippen LogP contribution < -0.4 is 0 Å². The highest BCUT2D eigenvalue weighted by molar-refractivity contribution is 7.80. The summed E-state index contributed by atoms with van der Waals surface area (Å²) in [5.41, 5.74) is 0. The Morgan fingerprint density at radius 2 is 0.750 bits per heavy atom. The fourth-order valence-electron chi connectivity index (χ4n) is 0.253. The van der Waals surface area contributed by atoms with Crippen molar-refractivity contribution in [1.29, 1.82) is 0 Å². The molecule has 0 aromatic carbocycles. The summed E-state index contributed by atoms with van der Waals surface area (Å²) in [6.45, 7) is 0. The highest BCUT2D eigenvalue weighted by atomic mass is 32.3. The molecule has 4 N–H and O–H groups in total. The molecule has 94 valence electrons. The van der Waals surface area contributed by atoms with Gasteiger partial charge in [-0.3, -0.25) is 28.2 Å². The van der Waals surface area contributed by atoms with Crippen LogP contribution in [0.3, 0.4) is 0 Å². The van der Waals surface area contributed by atoms with Crippen LogP contribution in [0.5, 0.6) is 0 Å². The zero-order valence-corrected chi connectivity index (χ0v) is 9.08. The van der Waals surface area contributed by atoms with Crippen molar-refractivity contribution >= 4 is 20.8 Å². The topological polar surface area (TPSA) is 175 Å². The molecule has 0 aliphatic heterocycles. The summed E-state index contributed by atoms with van der Waals surface area (Å²) >= 11 is 0. The van der Waals surface area contributed by atoms with Crippen molar-refractivity contribution in [3.8, 4) is 0 Å². The molecule has 0 bridgehead atoms. The number of hydrogen-bond donors (Lipinski definition) is 4. The third kappa shape index (κ3) is 77.1. The molecule has 0 fully saturated rings. The molecule has 12 heteroatoms. The van der Waals surface area contributed by atoms with Crippen molar-refractivity contribution < 1.29 is 35.0 Å². The fourth-order valence-corrected chi connectivity index (χ4v) is 0.253. The SMILES string of the molecule is O=S(=O)(O)O.O=S(=O)(O)O.c1cnccn1. The first kappa shape index (κ1) is 17.2. The van der Waals surface area contributed by atoms with Crippen LogP contribution in [0, 0.1) is 0 Å². The molecule has 1 rings (SSSR count). The Morgan fingerprint density at radius 3 is 0.812 bits per heavy atom. The Kier molecular flexibility index (Phi) is 8.64. The number of nitrogens with zero attached hydrogens (tertiary/aromatic N) is 2. The summed E-state index contributed by atoms with van der Waals surface area (Å²) in [6.07, 6.45) is 6.56. The van der Waals surface area contributed by atoms with Gasteiger partial charge in [0.1, 0.15) is 0 Å². The van der Waals surface area contributed by atoms with Gasteiger partial charge < -0.3 is 0 Å². The van der Waals surface area contributed by atoms with Crippen LogP contribution in [0.15, 0.2) is 24.8 Å². The van der Waals surface area contributed by atoms with Gasteiger partial charge in [0.25, 0.3) is 0 Å². The molecule has 0 unspecified atom stereocenters. The summed E-state index contributed by atoms with van der Waals surface area (Å²) in [4.78, 5) is 7.44. The molecule has 0 atom stereocenters. The third-order valence-electron chi connectivity index (χ3n) is 0.478. The lowest BCUT2D eigenvalue weighted by molar-refractivity contribution is 0.378. The Hall–Kier alpha value is -1.18. The Balaban J connectivity index is 0. The predicted molar refractivity (Wildman–Crippen MR) is 50.4 cm³/mol. The minimum absolute atomic E-state index is 1.64. The van der Waals surface area contributed by atoms with Crippen molar-refractivity contribution in [2.45, 2.75) is 0 Å². The van der Waals surface area contributed by atoms with Crippen molar-refractivity contribution in [1.82, 2.24) is 9.97 Å². The fraction of sp³-hybridized carbons (Fsp3) is 0. The molecule has 1 aromatic rings. The van der Waals surface area contributed by atoms with E-state index >= 15 is 0 Å². The summed E-state index contributed by atoms with van der Waals surface area (Å²) < 4.78 is 63.2. The highest BCUT2D eigenvalue weighted by Crippen LogP contribution is 1.65. The van der Waals surface area contributed by atoms with E-state index in [9.17, 15) is 0 Å². The van der Waals surface area contributed by atoms with Gasteiger partial charge in [-0.05, 0) is 0 Å². The molecule has 1 aromatic heterocycles. The number of hydrogen-bond acceptors (Lipinski definition) is 6. The maximum absolute atomic E-state index is 8.74. The van der Waals surface area contributed by atoms with E-state index in [-0.39, 0.29) is 0 Å². The van der Waals surface area contributed by atoms with E-state index in [4.69, 9.17) is 35.0 Å². The molecule has 0 saturated heterocycles. The molecular formula is C4H8N2O8S2. The van der Waals surface area contributed by atoms with Crippen LogP contribution in [0.4, 0.5) is 0 Å². The molecule has 16 heavy (non-hydrogen) atoms. The lowest BCUT2D eigenvalue weighted by Crippen LogP contribution is -1.89. The smallest absolute Gasteiger partial charge is 0.264 e. The maximum atomic E-state index is 8.74. The minimum Gasteiger partial charge on any atom is -0.264 e. The molecule has 0 aliphatic rings. The Morgan fingerprint density at radius 1 is 0.625 bits per heavy atom. The van der Waals surface area contributed by atoms with Crippen LogP contribution in [0.1, 0.15) is 0 Å². The molecular weight excluding hydrogens is 268 g/mol. The van der Waals surface area contributed by atoms with Crippen molar-refractivity contribution in [3.63, 3.8) is 0 Å². The Labute approximate surface area is 91.1 Å². The standard InChI is InChI=1S/C4H4N2.2H2O4S/c1-2-6-4-3-5-1;2*1-5(2,3)4/h1-4H;2*(H2,1,2,3,4). The van der Waals surface area contributed by atoms with Gasteiger partial charge in [-0.1, -0.05) is 0 Å². The second kappa shape index (κ2) is 8.03. The van der Waals surface area contributed by atoms with Crippen molar-refractivity contribution in [3.05, 3.63) is 24.8 Å². The van der Waals surface area contributed by atoms with E-state index in [0.29, 0.717) is 0 Å². The molecule has 0 amide bonds. The largest absolute Gasteiger partial charge is 0.394 e. The lowest BCUT2D eigenvalue weighted by atomic mass is 10.8. The summed E-state index contributed by atoms with van der Waals surface area (Å²) in [5.74, 6) is 0. The normalized spacial score (nSPS) is 10.2. The van der Waals surface area contributed by atoms with E-state index in [1.54, 1.807) is 24.8 Å². The van der Waals surface area contributed by atoms with Gasteiger partial charge in [0.2, 0.25) is 0 Å². The molecule has 0 saturated carbocycles. The average Bonchev–Trinajstić information content (AvgIpc) is 2.01. The first-order valence-electron chi connectivity index (χ1n) is 3.10. The first-order valence-corrected chi connectivity index (χ1v) is 5.89. The molecule has 0 aliphatic carbocycles. The van der Waals surface area contributed by atoms with E-state index in [0.717, 1.165) is 0 Å². The highest BCUT2D eigenvalue weighted by Gasteiger charge is 1.85. The third-order valence-corrected chi connectivity index (χ3v) is 0.478.